The van der Waals surface area contributed by atoms with E-state index in [9.17, 15) is 24.5 Å². The minimum atomic E-state index is -0.477. The van der Waals surface area contributed by atoms with Gasteiger partial charge in [-0.15, -0.1) is 0 Å². The number of nitro groups is 1. The summed E-state index contributed by atoms with van der Waals surface area (Å²) < 4.78 is 1.03. The highest BCUT2D eigenvalue weighted by Gasteiger charge is 2.15. The van der Waals surface area contributed by atoms with Gasteiger partial charge < -0.3 is 26.6 Å². The minimum absolute atomic E-state index is 0.00273. The minimum Gasteiger partial charge on any atom is -0.397 e. The Bertz CT molecular complexity index is 1380. The van der Waals surface area contributed by atoms with Gasteiger partial charge in [0.25, 0.3) is 11.6 Å². The zero-order valence-electron chi connectivity index (χ0n) is 22.2. The molecule has 0 fully saturated rings. The van der Waals surface area contributed by atoms with Crippen LogP contribution in [0.2, 0.25) is 0 Å². The van der Waals surface area contributed by atoms with Crippen molar-refractivity contribution >= 4 is 78.4 Å². The Hall–Kier alpha value is -3.97. The van der Waals surface area contributed by atoms with E-state index < -0.39 is 4.92 Å². The van der Waals surface area contributed by atoms with E-state index in [1.807, 2.05) is 24.1 Å². The molecular formula is C27H30Br2N6O5. The lowest BCUT2D eigenvalue weighted by molar-refractivity contribution is -0.385. The predicted octanol–water partition coefficient (Wildman–Crippen LogP) is 5.34. The Morgan fingerprint density at radius 3 is 2.23 bits per heavy atom. The summed E-state index contributed by atoms with van der Waals surface area (Å²) in [5, 5.41) is 13.1. The Morgan fingerprint density at radius 2 is 1.65 bits per heavy atom. The van der Waals surface area contributed by atoms with Crippen LogP contribution < -0.4 is 21.7 Å². The average Bonchev–Trinajstić information content (AvgIpc) is 2.92. The third-order valence-electron chi connectivity index (χ3n) is 5.71. The Balaban J connectivity index is 0.000000389. The summed E-state index contributed by atoms with van der Waals surface area (Å²) in [7, 11) is 3.66. The summed E-state index contributed by atoms with van der Waals surface area (Å²) in [6.07, 6.45) is 1.43. The van der Waals surface area contributed by atoms with Gasteiger partial charge in [-0.1, -0.05) is 18.2 Å². The first kappa shape index (κ1) is 32.2. The number of benzene rings is 3. The lowest BCUT2D eigenvalue weighted by atomic mass is 10.1. The highest BCUT2D eigenvalue weighted by Crippen LogP contribution is 2.32. The topological polar surface area (TPSA) is 165 Å². The molecule has 0 bridgehead atoms. The second kappa shape index (κ2) is 15.0. The van der Waals surface area contributed by atoms with Gasteiger partial charge in [0.1, 0.15) is 0 Å². The summed E-state index contributed by atoms with van der Waals surface area (Å²) in [5.74, 6) is -0.354. The number of hydrogen-bond acceptors (Lipinski definition) is 8. The second-order valence-electron chi connectivity index (χ2n) is 8.74. The van der Waals surface area contributed by atoms with Crippen LogP contribution in [0.4, 0.5) is 28.4 Å². The smallest absolute Gasteiger partial charge is 0.271 e. The van der Waals surface area contributed by atoms with Gasteiger partial charge in [-0.3, -0.25) is 24.5 Å². The molecule has 0 saturated heterocycles. The van der Waals surface area contributed by atoms with Crippen LogP contribution in [-0.4, -0.2) is 55.1 Å². The molecule has 0 radical (unpaired) electrons. The van der Waals surface area contributed by atoms with Gasteiger partial charge in [-0.05, 0) is 62.5 Å². The number of aldehydes is 1. The molecule has 0 spiro atoms. The fraction of sp³-hybridized carbons (Fsp3) is 0.222. The molecule has 40 heavy (non-hydrogen) atoms. The maximum Gasteiger partial charge on any atom is 0.271 e. The molecule has 0 heterocycles. The number of nitro benzene ring substituents is 1. The van der Waals surface area contributed by atoms with Crippen molar-refractivity contribution in [2.45, 2.75) is 13.3 Å². The molecule has 2 amide bonds. The molecule has 3 aromatic rings. The van der Waals surface area contributed by atoms with Crippen molar-refractivity contribution in [3.63, 3.8) is 0 Å². The molecule has 11 nitrogen and oxygen atoms in total. The van der Waals surface area contributed by atoms with E-state index in [-0.39, 0.29) is 17.5 Å². The normalized spacial score (nSPS) is 10.1. The van der Waals surface area contributed by atoms with Crippen LogP contribution in [0.3, 0.4) is 0 Å². The molecule has 212 valence electrons. The van der Waals surface area contributed by atoms with Gasteiger partial charge in [0.2, 0.25) is 5.91 Å². The van der Waals surface area contributed by atoms with E-state index >= 15 is 0 Å². The van der Waals surface area contributed by atoms with Crippen molar-refractivity contribution in [2.24, 2.45) is 0 Å². The van der Waals surface area contributed by atoms with Crippen molar-refractivity contribution in [1.82, 2.24) is 4.90 Å². The van der Waals surface area contributed by atoms with Crippen LogP contribution in [-0.2, 0) is 4.79 Å². The van der Waals surface area contributed by atoms with E-state index in [2.05, 4.69) is 37.2 Å². The van der Waals surface area contributed by atoms with Crippen LogP contribution in [0, 0.1) is 10.1 Å². The number of nitrogen functional groups attached to an aromatic ring is 2. The number of hydrogen-bond donors (Lipinski definition) is 3. The van der Waals surface area contributed by atoms with Crippen molar-refractivity contribution in [1.29, 1.82) is 0 Å². The molecule has 0 aliphatic heterocycles. The van der Waals surface area contributed by atoms with Gasteiger partial charge in [-0.2, -0.15) is 0 Å². The first-order valence-electron chi connectivity index (χ1n) is 11.9. The predicted molar refractivity (Wildman–Crippen MR) is 165 cm³/mol. The fourth-order valence-electron chi connectivity index (χ4n) is 3.53. The number of rotatable bonds is 9. The molecule has 13 heteroatoms. The zero-order chi connectivity index (χ0) is 30.0. The number of amides is 2. The molecule has 5 N–H and O–H groups in total. The highest BCUT2D eigenvalue weighted by molar-refractivity contribution is 9.11. The number of carbonyl (C=O) groups excluding carboxylic acids is 3. The zero-order valence-corrected chi connectivity index (χ0v) is 25.4. The maximum absolute atomic E-state index is 12.6. The number of non-ortho nitro benzene ring substituents is 1. The molecule has 3 aromatic carbocycles. The van der Waals surface area contributed by atoms with Gasteiger partial charge in [0.15, 0.2) is 6.29 Å². The van der Waals surface area contributed by atoms with E-state index in [1.165, 1.54) is 19.1 Å². The number of nitrogens with one attached hydrogen (secondary N) is 1. The van der Waals surface area contributed by atoms with Gasteiger partial charge in [-0.25, -0.2) is 0 Å². The maximum atomic E-state index is 12.6. The monoisotopic (exact) mass is 676 g/mol. The SMILES string of the molecule is CC(=O)Nc1cc(N(C)CCCN(C)C(=O)c2ccccc2C=O)ccc1N.Nc1c(Br)cc([N+](=O)[O-])cc1Br. The van der Waals surface area contributed by atoms with E-state index in [0.717, 1.165) is 12.1 Å². The Morgan fingerprint density at radius 1 is 1.02 bits per heavy atom. The first-order chi connectivity index (χ1) is 18.8. The Labute approximate surface area is 248 Å². The summed E-state index contributed by atoms with van der Waals surface area (Å²) in [4.78, 5) is 48.5. The van der Waals surface area contributed by atoms with Crippen LogP contribution in [0.1, 0.15) is 34.1 Å². The van der Waals surface area contributed by atoms with Crippen molar-refractivity contribution in [3.05, 3.63) is 84.8 Å². The number of carbonyl (C=O) groups is 3. The number of nitrogens with two attached hydrogens (primary N) is 2. The van der Waals surface area contributed by atoms with E-state index in [1.54, 1.807) is 42.3 Å². The van der Waals surface area contributed by atoms with Gasteiger partial charge >= 0.3 is 0 Å². The molecule has 0 atom stereocenters. The van der Waals surface area contributed by atoms with E-state index in [4.69, 9.17) is 11.5 Å². The number of halogens is 2. The Kier molecular flexibility index (Phi) is 12.1. The molecule has 0 unspecified atom stereocenters. The van der Waals surface area contributed by atoms with Gasteiger partial charge in [0.05, 0.1) is 27.5 Å². The molecule has 3 rings (SSSR count). The molecule has 0 saturated carbocycles. The highest BCUT2D eigenvalue weighted by atomic mass is 79.9. The van der Waals surface area contributed by atoms with Crippen LogP contribution in [0.5, 0.6) is 0 Å². The molecule has 0 aliphatic carbocycles. The largest absolute Gasteiger partial charge is 0.397 e. The van der Waals surface area contributed by atoms with Crippen LogP contribution in [0.15, 0.2) is 63.5 Å². The van der Waals surface area contributed by atoms with Gasteiger partial charge in [0, 0.05) is 66.4 Å². The first-order valence-corrected chi connectivity index (χ1v) is 13.5. The summed E-state index contributed by atoms with van der Waals surface area (Å²) in [6.45, 7) is 2.69. The second-order valence-corrected chi connectivity index (χ2v) is 10.4. The summed E-state index contributed by atoms with van der Waals surface area (Å²) in [5.41, 5.74) is 14.7. The fourth-order valence-corrected chi connectivity index (χ4v) is 4.69. The number of anilines is 4. The lowest BCUT2D eigenvalue weighted by Crippen LogP contribution is -2.31. The summed E-state index contributed by atoms with van der Waals surface area (Å²) >= 11 is 6.21. The average molecular weight is 678 g/mol. The van der Waals surface area contributed by atoms with Crippen LogP contribution >= 0.6 is 31.9 Å². The third-order valence-corrected chi connectivity index (χ3v) is 7.03. The third kappa shape index (κ3) is 9.06. The van der Waals surface area contributed by atoms with E-state index in [0.29, 0.717) is 56.5 Å². The van der Waals surface area contributed by atoms with Crippen molar-refractivity contribution in [3.8, 4) is 0 Å². The summed E-state index contributed by atoms with van der Waals surface area (Å²) in [6, 6.07) is 15.0. The van der Waals surface area contributed by atoms with Crippen molar-refractivity contribution < 1.29 is 19.3 Å². The van der Waals surface area contributed by atoms with Crippen LogP contribution in [0.25, 0.3) is 0 Å². The number of nitrogens with zero attached hydrogens (tertiary/aromatic N) is 3. The molecule has 0 aromatic heterocycles. The quantitative estimate of drug-likeness (QED) is 0.118. The van der Waals surface area contributed by atoms with Crippen molar-refractivity contribution in [2.75, 3.05) is 48.9 Å². The molecular weight excluding hydrogens is 648 g/mol. The molecule has 0 aliphatic rings. The standard InChI is InChI=1S/C21H26N4O3.C6H4Br2N2O2/c1-15(27)23-20-13-17(9-10-19(20)22)24(2)11-6-12-25(3)21(28)18-8-5-4-7-16(18)14-26;7-4-1-3(10(11)12)2-5(8)6(4)9/h4-5,7-10,13-14H,6,11-12,22H2,1-3H3,(H,23,27);1-2H,9H2. The lowest BCUT2D eigenvalue weighted by Gasteiger charge is -2.23.